The second-order valence-corrected chi connectivity index (χ2v) is 7.38. The third-order valence-electron chi connectivity index (χ3n) is 4.53. The van der Waals surface area contributed by atoms with Crippen LogP contribution < -0.4 is 10.1 Å². The summed E-state index contributed by atoms with van der Waals surface area (Å²) in [4.78, 5) is 25.5. The van der Waals surface area contributed by atoms with Gasteiger partial charge in [-0.1, -0.05) is 28.9 Å². The van der Waals surface area contributed by atoms with E-state index in [9.17, 15) is 18.0 Å². The number of alkyl halides is 3. The number of carbonyl (C=O) groups is 1. The first-order valence-corrected chi connectivity index (χ1v) is 9.81. The van der Waals surface area contributed by atoms with Crippen LogP contribution >= 0.6 is 11.6 Å². The van der Waals surface area contributed by atoms with Gasteiger partial charge in [0.15, 0.2) is 6.10 Å². The van der Waals surface area contributed by atoms with E-state index in [0.29, 0.717) is 16.3 Å². The van der Waals surface area contributed by atoms with Crippen LogP contribution in [-0.2, 0) is 4.84 Å². The first-order valence-electron chi connectivity index (χ1n) is 9.43. The molecule has 0 saturated heterocycles. The predicted molar refractivity (Wildman–Crippen MR) is 108 cm³/mol. The largest absolute Gasteiger partial charge is 0.463 e. The number of nitrogens with zero attached hydrogens (tertiary/aromatic N) is 3. The van der Waals surface area contributed by atoms with Crippen LogP contribution in [0, 0.1) is 5.92 Å². The minimum Gasteiger partial charge on any atom is -0.463 e. The number of amides is 1. The Morgan fingerprint density at radius 1 is 1.32 bits per heavy atom. The van der Waals surface area contributed by atoms with Crippen molar-refractivity contribution in [2.24, 2.45) is 11.1 Å². The van der Waals surface area contributed by atoms with Crippen molar-refractivity contribution in [2.75, 3.05) is 13.7 Å². The number of rotatable bonds is 8. The number of hydrogen-bond donors (Lipinski definition) is 1. The van der Waals surface area contributed by atoms with E-state index in [2.05, 4.69) is 20.4 Å². The lowest BCUT2D eigenvalue weighted by molar-refractivity contribution is -0.189. The molecule has 1 fully saturated rings. The molecule has 1 unspecified atom stereocenters. The van der Waals surface area contributed by atoms with Crippen molar-refractivity contribution in [1.29, 1.82) is 0 Å². The summed E-state index contributed by atoms with van der Waals surface area (Å²) in [5.74, 6) is -0.624. The molecule has 1 saturated carbocycles. The smallest absolute Gasteiger partial charge is 0.425 e. The van der Waals surface area contributed by atoms with E-state index in [-0.39, 0.29) is 29.7 Å². The number of nitrogens with one attached hydrogen (secondary N) is 1. The number of benzene rings is 1. The maximum Gasteiger partial charge on any atom is 0.425 e. The van der Waals surface area contributed by atoms with Gasteiger partial charge in [0.25, 0.3) is 5.91 Å². The standard InChI is InChI=1S/C20H20ClF3N4O3/c1-11(20(22,23)24)31-19-17(13-5-7-14(21)8-6-13)27-16(10-26-19)18(29)25-9-15(28-30-2)12-3-4-12/h5-8,10-12H,3-4,9H2,1-2H3,(H,25,29). The number of oxime groups is 1. The Balaban J connectivity index is 1.86. The molecule has 1 heterocycles. The van der Waals surface area contributed by atoms with Gasteiger partial charge in [0.1, 0.15) is 18.5 Å². The molecule has 1 N–H and O–H groups in total. The summed E-state index contributed by atoms with van der Waals surface area (Å²) in [6.45, 7) is 1.03. The molecule has 0 bridgehead atoms. The van der Waals surface area contributed by atoms with E-state index in [1.807, 2.05) is 0 Å². The van der Waals surface area contributed by atoms with Crippen molar-refractivity contribution in [2.45, 2.75) is 32.0 Å². The highest BCUT2D eigenvalue weighted by Gasteiger charge is 2.39. The van der Waals surface area contributed by atoms with E-state index >= 15 is 0 Å². The molecule has 166 valence electrons. The minimum atomic E-state index is -4.59. The maximum absolute atomic E-state index is 13.0. The average Bonchev–Trinajstić information content (AvgIpc) is 3.56. The molecule has 1 aliphatic rings. The van der Waals surface area contributed by atoms with Crippen LogP contribution in [0.25, 0.3) is 11.3 Å². The van der Waals surface area contributed by atoms with Crippen molar-refractivity contribution < 1.29 is 27.5 Å². The Morgan fingerprint density at radius 3 is 2.58 bits per heavy atom. The monoisotopic (exact) mass is 456 g/mol. The van der Waals surface area contributed by atoms with Gasteiger partial charge in [0.05, 0.1) is 18.5 Å². The zero-order valence-electron chi connectivity index (χ0n) is 16.7. The fourth-order valence-electron chi connectivity index (χ4n) is 2.65. The van der Waals surface area contributed by atoms with Gasteiger partial charge in [-0.05, 0) is 31.9 Å². The van der Waals surface area contributed by atoms with Gasteiger partial charge in [-0.25, -0.2) is 9.97 Å². The third kappa shape index (κ3) is 6.06. The Labute approximate surface area is 181 Å². The quantitative estimate of drug-likeness (QED) is 0.473. The molecule has 7 nitrogen and oxygen atoms in total. The Bertz CT molecular complexity index is 963. The van der Waals surface area contributed by atoms with E-state index in [4.69, 9.17) is 21.2 Å². The van der Waals surface area contributed by atoms with Crippen molar-refractivity contribution in [1.82, 2.24) is 15.3 Å². The van der Waals surface area contributed by atoms with E-state index in [1.54, 1.807) is 24.3 Å². The van der Waals surface area contributed by atoms with E-state index < -0.39 is 18.2 Å². The van der Waals surface area contributed by atoms with Crippen molar-refractivity contribution in [3.8, 4) is 17.1 Å². The molecule has 1 aliphatic carbocycles. The summed E-state index contributed by atoms with van der Waals surface area (Å²) >= 11 is 5.89. The van der Waals surface area contributed by atoms with Gasteiger partial charge in [-0.3, -0.25) is 4.79 Å². The zero-order chi connectivity index (χ0) is 22.6. The first-order chi connectivity index (χ1) is 14.7. The second kappa shape index (κ2) is 9.51. The molecule has 1 aromatic heterocycles. The number of carbonyl (C=O) groups excluding carboxylic acids is 1. The number of hydrogen-bond acceptors (Lipinski definition) is 6. The molecule has 1 atom stereocenters. The normalized spacial score (nSPS) is 15.4. The Hall–Kier alpha value is -2.88. The summed E-state index contributed by atoms with van der Waals surface area (Å²) in [6, 6.07) is 6.20. The van der Waals surface area contributed by atoms with Gasteiger partial charge in [0.2, 0.25) is 5.88 Å². The average molecular weight is 457 g/mol. The van der Waals surface area contributed by atoms with Crippen LogP contribution in [0.15, 0.2) is 35.6 Å². The third-order valence-corrected chi connectivity index (χ3v) is 4.78. The van der Waals surface area contributed by atoms with Gasteiger partial charge in [-0.2, -0.15) is 13.2 Å². The zero-order valence-corrected chi connectivity index (χ0v) is 17.5. The van der Waals surface area contributed by atoms with Crippen LogP contribution in [-0.4, -0.2) is 47.5 Å². The molecule has 0 spiro atoms. The fourth-order valence-corrected chi connectivity index (χ4v) is 2.78. The van der Waals surface area contributed by atoms with Crippen LogP contribution in [0.2, 0.25) is 5.02 Å². The molecule has 0 aliphatic heterocycles. The van der Waals surface area contributed by atoms with Gasteiger partial charge in [0, 0.05) is 16.5 Å². The van der Waals surface area contributed by atoms with Crippen LogP contribution in [0.3, 0.4) is 0 Å². The fraction of sp³-hybridized carbons (Fsp3) is 0.400. The molecule has 1 aromatic carbocycles. The predicted octanol–water partition coefficient (Wildman–Crippen LogP) is 4.27. The lowest BCUT2D eigenvalue weighted by atomic mass is 10.1. The lowest BCUT2D eigenvalue weighted by Crippen LogP contribution is -2.32. The van der Waals surface area contributed by atoms with Crippen LogP contribution in [0.4, 0.5) is 13.2 Å². The number of halogens is 4. The topological polar surface area (TPSA) is 85.7 Å². The highest BCUT2D eigenvalue weighted by molar-refractivity contribution is 6.30. The molecule has 3 rings (SSSR count). The first kappa shape index (κ1) is 22.8. The summed E-state index contributed by atoms with van der Waals surface area (Å²) in [5.41, 5.74) is 1.02. The van der Waals surface area contributed by atoms with E-state index in [1.165, 1.54) is 7.11 Å². The molecular formula is C20H20ClF3N4O3. The molecule has 2 aromatic rings. The van der Waals surface area contributed by atoms with Crippen molar-refractivity contribution in [3.63, 3.8) is 0 Å². The summed E-state index contributed by atoms with van der Waals surface area (Å²) in [7, 11) is 1.43. The summed E-state index contributed by atoms with van der Waals surface area (Å²) in [5, 5.41) is 7.04. The summed E-state index contributed by atoms with van der Waals surface area (Å²) in [6.07, 6.45) is -3.69. The maximum atomic E-state index is 13.0. The Kier molecular flexibility index (Phi) is 6.99. The van der Waals surface area contributed by atoms with Gasteiger partial charge >= 0.3 is 6.18 Å². The van der Waals surface area contributed by atoms with E-state index in [0.717, 1.165) is 26.0 Å². The van der Waals surface area contributed by atoms with Crippen LogP contribution in [0.5, 0.6) is 5.88 Å². The highest BCUT2D eigenvalue weighted by Crippen LogP contribution is 2.32. The van der Waals surface area contributed by atoms with Gasteiger partial charge in [-0.15, -0.1) is 0 Å². The van der Waals surface area contributed by atoms with Crippen molar-refractivity contribution >= 4 is 23.2 Å². The van der Waals surface area contributed by atoms with Gasteiger partial charge < -0.3 is 14.9 Å². The minimum absolute atomic E-state index is 0.00612. The highest BCUT2D eigenvalue weighted by atomic mass is 35.5. The van der Waals surface area contributed by atoms with Crippen molar-refractivity contribution in [3.05, 3.63) is 41.2 Å². The molecule has 0 radical (unpaired) electrons. The molecular weight excluding hydrogens is 437 g/mol. The SMILES string of the molecule is CON=C(CNC(=O)c1cnc(OC(C)C(F)(F)F)c(-c2ccc(Cl)cc2)n1)C1CC1. The number of aromatic nitrogens is 2. The van der Waals surface area contributed by atoms with Crippen LogP contribution in [0.1, 0.15) is 30.3 Å². The lowest BCUT2D eigenvalue weighted by Gasteiger charge is -2.19. The molecule has 1 amide bonds. The number of ether oxygens (including phenoxy) is 1. The summed E-state index contributed by atoms with van der Waals surface area (Å²) < 4.78 is 43.9. The Morgan fingerprint density at radius 2 is 2.00 bits per heavy atom. The second-order valence-electron chi connectivity index (χ2n) is 6.94. The molecule has 31 heavy (non-hydrogen) atoms. The molecule has 11 heteroatoms.